The van der Waals surface area contributed by atoms with E-state index in [0.717, 1.165) is 29.7 Å². The summed E-state index contributed by atoms with van der Waals surface area (Å²) < 4.78 is 26.9. The number of aromatic nitrogens is 1. The van der Waals surface area contributed by atoms with Crippen molar-refractivity contribution in [3.05, 3.63) is 40.9 Å². The van der Waals surface area contributed by atoms with Gasteiger partial charge < -0.3 is 5.11 Å². The van der Waals surface area contributed by atoms with E-state index in [1.165, 1.54) is 0 Å². The standard InChI is InChI=1S/C14H18N2O3S2/c1-3-4-11-5-7-12(8-6-11)21(18,19)16-14-15-13(9-20-14)10(2)17/h5-10,17H,3-4H2,1-2H3,(H,15,16). The fourth-order valence-electron chi connectivity index (χ4n) is 1.82. The molecule has 0 spiro atoms. The fraction of sp³-hybridized carbons (Fsp3) is 0.357. The zero-order chi connectivity index (χ0) is 15.5. The van der Waals surface area contributed by atoms with Crippen LogP contribution in [0.1, 0.15) is 37.6 Å². The minimum atomic E-state index is -3.64. The third kappa shape index (κ3) is 4.03. The second-order valence-corrected chi connectivity index (χ2v) is 7.29. The number of benzene rings is 1. The normalized spacial score (nSPS) is 13.1. The maximum absolute atomic E-state index is 12.2. The van der Waals surface area contributed by atoms with Crippen LogP contribution in [0, 0.1) is 0 Å². The van der Waals surface area contributed by atoms with Gasteiger partial charge in [-0.3, -0.25) is 4.72 Å². The summed E-state index contributed by atoms with van der Waals surface area (Å²) in [7, 11) is -3.64. The Morgan fingerprint density at radius 3 is 2.52 bits per heavy atom. The van der Waals surface area contributed by atoms with E-state index in [1.807, 2.05) is 12.1 Å². The van der Waals surface area contributed by atoms with Crippen molar-refractivity contribution in [3.8, 4) is 0 Å². The molecule has 0 fully saturated rings. The maximum atomic E-state index is 12.2. The molecule has 5 nitrogen and oxygen atoms in total. The van der Waals surface area contributed by atoms with Crippen molar-refractivity contribution in [2.24, 2.45) is 0 Å². The first kappa shape index (κ1) is 15.9. The second kappa shape index (κ2) is 6.55. The van der Waals surface area contributed by atoms with Gasteiger partial charge in [0, 0.05) is 5.38 Å². The monoisotopic (exact) mass is 326 g/mol. The average molecular weight is 326 g/mol. The first-order valence-electron chi connectivity index (χ1n) is 6.67. The van der Waals surface area contributed by atoms with Crippen LogP contribution < -0.4 is 4.72 Å². The van der Waals surface area contributed by atoms with Crippen molar-refractivity contribution in [1.82, 2.24) is 4.98 Å². The molecule has 114 valence electrons. The third-order valence-electron chi connectivity index (χ3n) is 2.94. The summed E-state index contributed by atoms with van der Waals surface area (Å²) in [6, 6.07) is 6.83. The van der Waals surface area contributed by atoms with Gasteiger partial charge in [-0.2, -0.15) is 0 Å². The van der Waals surface area contributed by atoms with Crippen LogP contribution in [-0.4, -0.2) is 18.5 Å². The summed E-state index contributed by atoms with van der Waals surface area (Å²) in [4.78, 5) is 4.25. The summed E-state index contributed by atoms with van der Waals surface area (Å²) in [5.74, 6) is 0. The quantitative estimate of drug-likeness (QED) is 0.855. The van der Waals surface area contributed by atoms with Crippen molar-refractivity contribution in [3.63, 3.8) is 0 Å². The highest BCUT2D eigenvalue weighted by Gasteiger charge is 2.16. The molecular formula is C14H18N2O3S2. The number of sulfonamides is 1. The highest BCUT2D eigenvalue weighted by Crippen LogP contribution is 2.23. The smallest absolute Gasteiger partial charge is 0.263 e. The summed E-state index contributed by atoms with van der Waals surface area (Å²) in [6.45, 7) is 3.66. The fourth-order valence-corrected chi connectivity index (χ4v) is 3.87. The predicted molar refractivity (Wildman–Crippen MR) is 84.0 cm³/mol. The number of anilines is 1. The molecule has 1 aromatic carbocycles. The molecule has 1 heterocycles. The number of nitrogens with zero attached hydrogens (tertiary/aromatic N) is 1. The summed E-state index contributed by atoms with van der Waals surface area (Å²) in [5, 5.41) is 11.3. The minimum Gasteiger partial charge on any atom is -0.387 e. The molecule has 0 aliphatic rings. The lowest BCUT2D eigenvalue weighted by atomic mass is 10.1. The number of rotatable bonds is 6. The van der Waals surface area contributed by atoms with Crippen molar-refractivity contribution in [2.75, 3.05) is 4.72 Å². The molecule has 2 aromatic rings. The molecule has 2 rings (SSSR count). The van der Waals surface area contributed by atoms with Gasteiger partial charge in [-0.05, 0) is 31.0 Å². The molecule has 0 aliphatic heterocycles. The Morgan fingerprint density at radius 2 is 2.00 bits per heavy atom. The lowest BCUT2D eigenvalue weighted by Crippen LogP contribution is -2.13. The van der Waals surface area contributed by atoms with Gasteiger partial charge in [0.1, 0.15) is 0 Å². The van der Waals surface area contributed by atoms with Gasteiger partial charge in [0.15, 0.2) is 5.13 Å². The Bertz CT molecular complexity index is 691. The SMILES string of the molecule is CCCc1ccc(S(=O)(=O)Nc2nc(C(C)O)cs2)cc1. The Labute approximate surface area is 128 Å². The number of aliphatic hydroxyl groups excluding tert-OH is 1. The number of aryl methyl sites for hydroxylation is 1. The molecule has 0 radical (unpaired) electrons. The Morgan fingerprint density at radius 1 is 1.33 bits per heavy atom. The van der Waals surface area contributed by atoms with Crippen molar-refractivity contribution in [1.29, 1.82) is 0 Å². The number of hydrogen-bond acceptors (Lipinski definition) is 5. The molecular weight excluding hydrogens is 308 g/mol. The van der Waals surface area contributed by atoms with Crippen LogP contribution >= 0.6 is 11.3 Å². The van der Waals surface area contributed by atoms with E-state index in [-0.39, 0.29) is 10.0 Å². The molecule has 0 saturated heterocycles. The molecule has 0 bridgehead atoms. The van der Waals surface area contributed by atoms with E-state index in [2.05, 4.69) is 16.6 Å². The first-order chi connectivity index (χ1) is 9.92. The van der Waals surface area contributed by atoms with Crippen LogP contribution in [0.25, 0.3) is 0 Å². The molecule has 2 N–H and O–H groups in total. The lowest BCUT2D eigenvalue weighted by Gasteiger charge is -2.06. The Balaban J connectivity index is 2.17. The topological polar surface area (TPSA) is 79.3 Å². The maximum Gasteiger partial charge on any atom is 0.263 e. The predicted octanol–water partition coefficient (Wildman–Crippen LogP) is 2.95. The Hall–Kier alpha value is -1.44. The number of nitrogens with one attached hydrogen (secondary N) is 1. The number of aliphatic hydroxyl groups is 1. The van der Waals surface area contributed by atoms with E-state index < -0.39 is 16.1 Å². The van der Waals surface area contributed by atoms with Crippen LogP contribution in [0.4, 0.5) is 5.13 Å². The van der Waals surface area contributed by atoms with Crippen LogP contribution in [0.5, 0.6) is 0 Å². The molecule has 1 atom stereocenters. The van der Waals surface area contributed by atoms with Gasteiger partial charge in [0.25, 0.3) is 10.0 Å². The average Bonchev–Trinajstić information content (AvgIpc) is 2.88. The van der Waals surface area contributed by atoms with E-state index in [9.17, 15) is 13.5 Å². The molecule has 0 aliphatic carbocycles. The van der Waals surface area contributed by atoms with Gasteiger partial charge in [-0.25, -0.2) is 13.4 Å². The van der Waals surface area contributed by atoms with Crippen molar-refractivity contribution < 1.29 is 13.5 Å². The second-order valence-electron chi connectivity index (χ2n) is 4.75. The zero-order valence-electron chi connectivity index (χ0n) is 11.9. The lowest BCUT2D eigenvalue weighted by molar-refractivity contribution is 0.195. The molecule has 0 amide bonds. The van der Waals surface area contributed by atoms with Crippen LogP contribution in [-0.2, 0) is 16.4 Å². The van der Waals surface area contributed by atoms with Crippen molar-refractivity contribution in [2.45, 2.75) is 37.7 Å². The highest BCUT2D eigenvalue weighted by atomic mass is 32.2. The number of hydrogen-bond donors (Lipinski definition) is 2. The van der Waals surface area contributed by atoms with Crippen LogP contribution in [0.2, 0.25) is 0 Å². The highest BCUT2D eigenvalue weighted by molar-refractivity contribution is 7.93. The van der Waals surface area contributed by atoms with Crippen LogP contribution in [0.3, 0.4) is 0 Å². The number of thiazole rings is 1. The third-order valence-corrected chi connectivity index (χ3v) is 5.20. The molecule has 21 heavy (non-hydrogen) atoms. The summed E-state index contributed by atoms with van der Waals surface area (Å²) in [5.41, 5.74) is 1.57. The first-order valence-corrected chi connectivity index (χ1v) is 9.04. The summed E-state index contributed by atoms with van der Waals surface area (Å²) in [6.07, 6.45) is 1.23. The largest absolute Gasteiger partial charge is 0.387 e. The van der Waals surface area contributed by atoms with Crippen molar-refractivity contribution >= 4 is 26.5 Å². The van der Waals surface area contributed by atoms with Gasteiger partial charge in [-0.15, -0.1) is 11.3 Å². The van der Waals surface area contributed by atoms with Gasteiger partial charge in [-0.1, -0.05) is 25.5 Å². The van der Waals surface area contributed by atoms with Crippen LogP contribution in [0.15, 0.2) is 34.5 Å². The molecule has 0 saturated carbocycles. The molecule has 7 heteroatoms. The van der Waals surface area contributed by atoms with E-state index in [1.54, 1.807) is 24.4 Å². The van der Waals surface area contributed by atoms with E-state index >= 15 is 0 Å². The van der Waals surface area contributed by atoms with Gasteiger partial charge in [0.2, 0.25) is 0 Å². The summed E-state index contributed by atoms with van der Waals surface area (Å²) >= 11 is 1.15. The van der Waals surface area contributed by atoms with Gasteiger partial charge in [0.05, 0.1) is 16.7 Å². The van der Waals surface area contributed by atoms with E-state index in [4.69, 9.17) is 0 Å². The molecule has 1 unspecified atom stereocenters. The minimum absolute atomic E-state index is 0.205. The zero-order valence-corrected chi connectivity index (χ0v) is 13.5. The van der Waals surface area contributed by atoms with E-state index in [0.29, 0.717) is 5.69 Å². The van der Waals surface area contributed by atoms with Gasteiger partial charge >= 0.3 is 0 Å². The Kier molecular flexibility index (Phi) is 4.97. The molecule has 1 aromatic heterocycles.